The molecule has 0 radical (unpaired) electrons. The molecule has 0 aliphatic rings. The van der Waals surface area contributed by atoms with E-state index in [-0.39, 0.29) is 21.6 Å². The van der Waals surface area contributed by atoms with Gasteiger partial charge in [0, 0.05) is 11.9 Å². The van der Waals surface area contributed by atoms with Crippen molar-refractivity contribution in [2.75, 3.05) is 5.32 Å². The van der Waals surface area contributed by atoms with E-state index < -0.39 is 0 Å². The van der Waals surface area contributed by atoms with Gasteiger partial charge in [0.1, 0.15) is 5.15 Å². The van der Waals surface area contributed by atoms with Gasteiger partial charge < -0.3 is 5.32 Å². The highest BCUT2D eigenvalue weighted by Gasteiger charge is 2.12. The molecule has 100 valence electrons. The number of carbonyl (C=O) groups is 1. The Kier molecular flexibility index (Phi) is 4.57. The number of pyridine rings is 1. The SMILES string of the molecule is N#CCc1ccc(NC(=O)c2cc(Cl)ncc2Cl)cc1. The van der Waals surface area contributed by atoms with Crippen molar-refractivity contribution in [1.82, 2.24) is 4.98 Å². The average molecular weight is 306 g/mol. The molecule has 1 aromatic heterocycles. The molecule has 1 N–H and O–H groups in total. The fourth-order valence-electron chi connectivity index (χ4n) is 1.58. The fourth-order valence-corrected chi connectivity index (χ4v) is 1.93. The van der Waals surface area contributed by atoms with Crippen molar-refractivity contribution in [2.24, 2.45) is 0 Å². The second kappa shape index (κ2) is 6.38. The number of rotatable bonds is 3. The molecule has 0 atom stereocenters. The summed E-state index contributed by atoms with van der Waals surface area (Å²) in [7, 11) is 0. The summed E-state index contributed by atoms with van der Waals surface area (Å²) in [5.74, 6) is -0.368. The second-order valence-corrected chi connectivity index (χ2v) is 4.77. The van der Waals surface area contributed by atoms with E-state index in [1.807, 2.05) is 0 Å². The maximum absolute atomic E-state index is 12.1. The lowest BCUT2D eigenvalue weighted by Gasteiger charge is -2.07. The highest BCUT2D eigenvalue weighted by molar-refractivity contribution is 6.35. The summed E-state index contributed by atoms with van der Waals surface area (Å²) in [5, 5.41) is 11.7. The average Bonchev–Trinajstić information content (AvgIpc) is 2.44. The molecule has 0 aliphatic heterocycles. The number of hydrogen-bond donors (Lipinski definition) is 1. The van der Waals surface area contributed by atoms with Gasteiger partial charge in [-0.1, -0.05) is 35.3 Å². The second-order valence-electron chi connectivity index (χ2n) is 3.97. The van der Waals surface area contributed by atoms with Crippen LogP contribution in [0.3, 0.4) is 0 Å². The Balaban J connectivity index is 2.15. The number of nitrogens with zero attached hydrogens (tertiary/aromatic N) is 2. The number of nitrogens with one attached hydrogen (secondary N) is 1. The maximum atomic E-state index is 12.1. The molecule has 0 bridgehead atoms. The van der Waals surface area contributed by atoms with E-state index in [0.29, 0.717) is 12.1 Å². The number of halogens is 2. The smallest absolute Gasteiger partial charge is 0.257 e. The van der Waals surface area contributed by atoms with E-state index in [2.05, 4.69) is 16.4 Å². The molecule has 0 saturated carbocycles. The van der Waals surface area contributed by atoms with Gasteiger partial charge in [-0.25, -0.2) is 4.98 Å². The van der Waals surface area contributed by atoms with Crippen molar-refractivity contribution in [3.8, 4) is 6.07 Å². The minimum absolute atomic E-state index is 0.198. The van der Waals surface area contributed by atoms with Gasteiger partial charge >= 0.3 is 0 Å². The topological polar surface area (TPSA) is 65.8 Å². The number of hydrogen-bond acceptors (Lipinski definition) is 3. The Labute approximate surface area is 126 Å². The Morgan fingerprint density at radius 1 is 1.30 bits per heavy atom. The first-order valence-corrected chi connectivity index (χ1v) is 6.44. The number of anilines is 1. The number of aromatic nitrogens is 1. The Morgan fingerprint density at radius 2 is 2.00 bits per heavy atom. The molecule has 0 unspecified atom stereocenters. The number of carbonyl (C=O) groups excluding carboxylic acids is 1. The molecule has 0 fully saturated rings. The lowest BCUT2D eigenvalue weighted by Crippen LogP contribution is -2.12. The van der Waals surface area contributed by atoms with Gasteiger partial charge in [-0.05, 0) is 23.8 Å². The van der Waals surface area contributed by atoms with Crippen LogP contribution in [0.15, 0.2) is 36.5 Å². The van der Waals surface area contributed by atoms with Crippen molar-refractivity contribution >= 4 is 34.8 Å². The van der Waals surface area contributed by atoms with Crippen LogP contribution in [-0.2, 0) is 6.42 Å². The van der Waals surface area contributed by atoms with E-state index in [0.717, 1.165) is 5.56 Å². The van der Waals surface area contributed by atoms with Crippen LogP contribution in [0.25, 0.3) is 0 Å². The van der Waals surface area contributed by atoms with Crippen molar-refractivity contribution in [2.45, 2.75) is 6.42 Å². The van der Waals surface area contributed by atoms with Crippen LogP contribution in [0.2, 0.25) is 10.2 Å². The Bertz CT molecular complexity index is 678. The molecule has 1 aromatic carbocycles. The molecule has 1 heterocycles. The van der Waals surface area contributed by atoms with Crippen molar-refractivity contribution in [1.29, 1.82) is 5.26 Å². The van der Waals surface area contributed by atoms with Crippen LogP contribution in [0.1, 0.15) is 15.9 Å². The summed E-state index contributed by atoms with van der Waals surface area (Å²) in [6.45, 7) is 0. The standard InChI is InChI=1S/C14H9Cl2N3O/c15-12-8-18-13(16)7-11(12)14(20)19-10-3-1-9(2-4-10)5-6-17/h1-4,7-8H,5H2,(H,19,20). The van der Waals surface area contributed by atoms with Crippen LogP contribution in [0.5, 0.6) is 0 Å². The quantitative estimate of drug-likeness (QED) is 0.879. The zero-order chi connectivity index (χ0) is 14.5. The Morgan fingerprint density at radius 3 is 2.65 bits per heavy atom. The first-order chi connectivity index (χ1) is 9.60. The third-order valence-corrected chi connectivity index (χ3v) is 3.07. The third-order valence-electron chi connectivity index (χ3n) is 2.56. The molecule has 0 aliphatic carbocycles. The van der Waals surface area contributed by atoms with E-state index in [4.69, 9.17) is 28.5 Å². The summed E-state index contributed by atoms with van der Waals surface area (Å²) in [6.07, 6.45) is 1.66. The number of amides is 1. The van der Waals surface area contributed by atoms with Crippen molar-refractivity contribution in [3.63, 3.8) is 0 Å². The summed E-state index contributed by atoms with van der Waals surface area (Å²) in [6, 6.07) is 10.5. The molecular formula is C14H9Cl2N3O. The normalized spacial score (nSPS) is 9.85. The third kappa shape index (κ3) is 3.47. The van der Waals surface area contributed by atoms with Gasteiger partial charge in [0.2, 0.25) is 0 Å². The molecule has 20 heavy (non-hydrogen) atoms. The number of nitriles is 1. The lowest BCUT2D eigenvalue weighted by atomic mass is 10.1. The van der Waals surface area contributed by atoms with Gasteiger partial charge in [0.05, 0.1) is 23.1 Å². The van der Waals surface area contributed by atoms with Gasteiger partial charge in [-0.3, -0.25) is 4.79 Å². The van der Waals surface area contributed by atoms with E-state index >= 15 is 0 Å². The first kappa shape index (κ1) is 14.3. The lowest BCUT2D eigenvalue weighted by molar-refractivity contribution is 0.102. The summed E-state index contributed by atoms with van der Waals surface area (Å²) < 4.78 is 0. The molecule has 2 rings (SSSR count). The monoisotopic (exact) mass is 305 g/mol. The van der Waals surface area contributed by atoms with Crippen LogP contribution in [-0.4, -0.2) is 10.9 Å². The minimum Gasteiger partial charge on any atom is -0.322 e. The molecule has 4 nitrogen and oxygen atoms in total. The van der Waals surface area contributed by atoms with Crippen LogP contribution < -0.4 is 5.32 Å². The van der Waals surface area contributed by atoms with Gasteiger partial charge in [0.25, 0.3) is 5.91 Å². The minimum atomic E-state index is -0.368. The van der Waals surface area contributed by atoms with E-state index in [1.54, 1.807) is 24.3 Å². The first-order valence-electron chi connectivity index (χ1n) is 5.68. The van der Waals surface area contributed by atoms with Crippen LogP contribution in [0.4, 0.5) is 5.69 Å². The van der Waals surface area contributed by atoms with Gasteiger partial charge in [0.15, 0.2) is 0 Å². The number of benzene rings is 1. The molecule has 2 aromatic rings. The fraction of sp³-hybridized carbons (Fsp3) is 0.0714. The van der Waals surface area contributed by atoms with E-state index in [1.165, 1.54) is 12.3 Å². The zero-order valence-electron chi connectivity index (χ0n) is 10.2. The summed E-state index contributed by atoms with van der Waals surface area (Å²) in [5.41, 5.74) is 1.75. The van der Waals surface area contributed by atoms with Gasteiger partial charge in [-0.15, -0.1) is 0 Å². The van der Waals surface area contributed by atoms with Gasteiger partial charge in [-0.2, -0.15) is 5.26 Å². The molecule has 1 amide bonds. The van der Waals surface area contributed by atoms with Crippen molar-refractivity contribution in [3.05, 3.63) is 57.8 Å². The predicted molar refractivity (Wildman–Crippen MR) is 78.0 cm³/mol. The molecular weight excluding hydrogens is 297 g/mol. The highest BCUT2D eigenvalue weighted by Crippen LogP contribution is 2.20. The maximum Gasteiger partial charge on any atom is 0.257 e. The van der Waals surface area contributed by atoms with Crippen molar-refractivity contribution < 1.29 is 4.79 Å². The molecule has 0 spiro atoms. The van der Waals surface area contributed by atoms with E-state index in [9.17, 15) is 4.79 Å². The highest BCUT2D eigenvalue weighted by atomic mass is 35.5. The van der Waals surface area contributed by atoms with Crippen LogP contribution in [0, 0.1) is 11.3 Å². The molecule has 0 saturated heterocycles. The largest absolute Gasteiger partial charge is 0.322 e. The summed E-state index contributed by atoms with van der Waals surface area (Å²) >= 11 is 11.6. The zero-order valence-corrected chi connectivity index (χ0v) is 11.7. The predicted octanol–water partition coefficient (Wildman–Crippen LogP) is 3.71. The molecule has 6 heteroatoms. The van der Waals surface area contributed by atoms with Crippen LogP contribution >= 0.6 is 23.2 Å². The Hall–Kier alpha value is -2.09. The summed E-state index contributed by atoms with van der Waals surface area (Å²) in [4.78, 5) is 15.8.